The van der Waals surface area contributed by atoms with Crippen molar-refractivity contribution in [1.82, 2.24) is 5.32 Å². The first-order chi connectivity index (χ1) is 8.92. The lowest BCUT2D eigenvalue weighted by Gasteiger charge is -2.34. The van der Waals surface area contributed by atoms with E-state index >= 15 is 0 Å². The molecule has 1 N–H and O–H groups in total. The summed E-state index contributed by atoms with van der Waals surface area (Å²) >= 11 is 0. The van der Waals surface area contributed by atoms with Crippen LogP contribution in [0.3, 0.4) is 0 Å². The predicted molar refractivity (Wildman–Crippen MR) is 97.1 cm³/mol. The predicted octanol–water partition coefficient (Wildman–Crippen LogP) is 5.59. The molecule has 0 fully saturated rings. The Bertz CT molecular complexity index is 399. The molecule has 0 unspecified atom stereocenters. The summed E-state index contributed by atoms with van der Waals surface area (Å²) in [6.45, 7) is 26.5. The van der Waals surface area contributed by atoms with E-state index in [1.54, 1.807) is 0 Å². The molecule has 21 heavy (non-hydrogen) atoms. The van der Waals surface area contributed by atoms with Crippen LogP contribution in [-0.2, 0) is 0 Å². The number of nitrogens with one attached hydrogen (secondary N) is 1. The van der Waals surface area contributed by atoms with Crippen molar-refractivity contribution in [3.05, 3.63) is 11.8 Å². The maximum atomic E-state index is 4.96. The van der Waals surface area contributed by atoms with Gasteiger partial charge in [0.05, 0.1) is 5.54 Å². The van der Waals surface area contributed by atoms with Crippen LogP contribution in [0.25, 0.3) is 0 Å². The fourth-order valence-electron chi connectivity index (χ4n) is 1.76. The molecule has 0 heterocycles. The molecule has 0 spiro atoms. The Hall–Kier alpha value is -0.790. The molecule has 2 nitrogen and oxygen atoms in total. The zero-order valence-electron chi connectivity index (χ0n) is 16.5. The van der Waals surface area contributed by atoms with Crippen LogP contribution in [-0.4, -0.2) is 16.8 Å². The van der Waals surface area contributed by atoms with Crippen molar-refractivity contribution in [2.45, 2.75) is 94.2 Å². The number of hydrogen-bond donors (Lipinski definition) is 1. The summed E-state index contributed by atoms with van der Waals surface area (Å²) < 4.78 is 0. The minimum atomic E-state index is -0.0656. The summed E-state index contributed by atoms with van der Waals surface area (Å²) in [4.78, 5) is 4.96. The van der Waals surface area contributed by atoms with Gasteiger partial charge in [0.15, 0.2) is 0 Å². The van der Waals surface area contributed by atoms with Gasteiger partial charge in [0.1, 0.15) is 0 Å². The van der Waals surface area contributed by atoms with Crippen molar-refractivity contribution in [3.63, 3.8) is 0 Å². The Morgan fingerprint density at radius 3 is 1.38 bits per heavy atom. The highest BCUT2D eigenvalue weighted by Gasteiger charge is 2.26. The number of nitrogens with zero attached hydrogens (tertiary/aromatic N) is 1. The molecule has 0 atom stereocenters. The number of hydrogen-bond acceptors (Lipinski definition) is 2. The molecule has 0 aliphatic rings. The highest BCUT2D eigenvalue weighted by molar-refractivity contribution is 5.99. The third-order valence-electron chi connectivity index (χ3n) is 2.82. The smallest absolute Gasteiger partial charge is 0.0527 e. The fourth-order valence-corrected chi connectivity index (χ4v) is 1.76. The van der Waals surface area contributed by atoms with E-state index in [1.165, 1.54) is 5.70 Å². The van der Waals surface area contributed by atoms with Gasteiger partial charge in [0.25, 0.3) is 0 Å². The van der Waals surface area contributed by atoms with Gasteiger partial charge < -0.3 is 5.32 Å². The third kappa shape index (κ3) is 8.95. The molecule has 0 aliphatic carbocycles. The van der Waals surface area contributed by atoms with Crippen LogP contribution in [0.15, 0.2) is 16.8 Å². The van der Waals surface area contributed by atoms with Crippen LogP contribution in [0.5, 0.6) is 0 Å². The van der Waals surface area contributed by atoms with E-state index in [9.17, 15) is 0 Å². The average molecular weight is 295 g/mol. The Balaban J connectivity index is 5.93. The van der Waals surface area contributed by atoms with Gasteiger partial charge in [-0.25, -0.2) is 0 Å². The Morgan fingerprint density at radius 1 is 0.714 bits per heavy atom. The van der Waals surface area contributed by atoms with E-state index in [0.717, 1.165) is 5.71 Å². The molecule has 0 saturated carbocycles. The molecular weight excluding hydrogens is 256 g/mol. The van der Waals surface area contributed by atoms with Crippen LogP contribution >= 0.6 is 0 Å². The van der Waals surface area contributed by atoms with Crippen LogP contribution in [0.4, 0.5) is 0 Å². The van der Waals surface area contributed by atoms with Crippen LogP contribution in [0.1, 0.15) is 83.1 Å². The highest BCUT2D eigenvalue weighted by Crippen LogP contribution is 2.28. The first kappa shape index (κ1) is 20.2. The first-order valence-electron chi connectivity index (χ1n) is 8.02. The van der Waals surface area contributed by atoms with E-state index in [0.29, 0.717) is 0 Å². The summed E-state index contributed by atoms with van der Waals surface area (Å²) in [6.07, 6.45) is 2.26. The Morgan fingerprint density at radius 2 is 1.14 bits per heavy atom. The van der Waals surface area contributed by atoms with Crippen molar-refractivity contribution in [1.29, 1.82) is 0 Å². The molecule has 124 valence electrons. The lowest BCUT2D eigenvalue weighted by molar-refractivity contribution is 0.382. The van der Waals surface area contributed by atoms with Gasteiger partial charge in [-0.1, -0.05) is 41.5 Å². The second-order valence-electron chi connectivity index (χ2n) is 10.1. The molecule has 0 aliphatic heterocycles. The van der Waals surface area contributed by atoms with Gasteiger partial charge in [0.2, 0.25) is 0 Å². The van der Waals surface area contributed by atoms with E-state index in [-0.39, 0.29) is 21.9 Å². The maximum Gasteiger partial charge on any atom is 0.0527 e. The highest BCUT2D eigenvalue weighted by atomic mass is 15.0. The minimum absolute atomic E-state index is 0.0311. The molecule has 0 bridgehead atoms. The number of aliphatic imine (C=N–C) groups is 1. The zero-order valence-corrected chi connectivity index (χ0v) is 16.5. The third-order valence-corrected chi connectivity index (χ3v) is 2.82. The topological polar surface area (TPSA) is 24.4 Å². The standard InChI is InChI=1S/C19H38N2/c1-16(2,3)14(20-18(7,8)9)13-15(17(4,5)6)21-19(10,11)12/h13,20H,1-12H3/b14-13-,21-15?. The van der Waals surface area contributed by atoms with E-state index < -0.39 is 0 Å². The van der Waals surface area contributed by atoms with Gasteiger partial charge >= 0.3 is 0 Å². The average Bonchev–Trinajstić information content (AvgIpc) is 2.07. The lowest BCUT2D eigenvalue weighted by atomic mass is 9.84. The molecule has 0 aromatic carbocycles. The zero-order chi connectivity index (χ0) is 17.3. The van der Waals surface area contributed by atoms with Gasteiger partial charge in [-0.2, -0.15) is 0 Å². The van der Waals surface area contributed by atoms with Crippen LogP contribution in [0, 0.1) is 10.8 Å². The molecule has 0 saturated heterocycles. The van der Waals surface area contributed by atoms with Gasteiger partial charge in [-0.05, 0) is 47.6 Å². The minimum Gasteiger partial charge on any atom is -0.383 e. The molecule has 0 radical (unpaired) electrons. The van der Waals surface area contributed by atoms with Crippen LogP contribution < -0.4 is 5.32 Å². The summed E-state index contributed by atoms with van der Waals surface area (Å²) in [5.74, 6) is 0. The normalized spacial score (nSPS) is 16.2. The van der Waals surface area contributed by atoms with Crippen molar-refractivity contribution < 1.29 is 0 Å². The summed E-state index contributed by atoms with van der Waals surface area (Å²) in [7, 11) is 0. The number of allylic oxidation sites excluding steroid dienone is 2. The van der Waals surface area contributed by atoms with Crippen molar-refractivity contribution in [2.24, 2.45) is 15.8 Å². The SMILES string of the molecule is CC(C)(C)N=C(/C=C(\NC(C)(C)C)C(C)(C)C)C(C)(C)C. The number of rotatable bonds is 2. The quantitative estimate of drug-likeness (QED) is 0.660. The lowest BCUT2D eigenvalue weighted by Crippen LogP contribution is -2.40. The largest absolute Gasteiger partial charge is 0.383 e. The van der Waals surface area contributed by atoms with E-state index in [4.69, 9.17) is 4.99 Å². The van der Waals surface area contributed by atoms with Crippen molar-refractivity contribution >= 4 is 5.71 Å². The molecular formula is C19H38N2. The molecule has 0 aromatic heterocycles. The molecule has 0 rings (SSSR count). The van der Waals surface area contributed by atoms with E-state index in [1.807, 2.05) is 0 Å². The second-order valence-corrected chi connectivity index (χ2v) is 10.1. The van der Waals surface area contributed by atoms with Crippen LogP contribution in [0.2, 0.25) is 0 Å². The van der Waals surface area contributed by atoms with Gasteiger partial charge in [-0.3, -0.25) is 4.99 Å². The monoisotopic (exact) mass is 294 g/mol. The van der Waals surface area contributed by atoms with Gasteiger partial charge in [0, 0.05) is 27.8 Å². The van der Waals surface area contributed by atoms with Crippen molar-refractivity contribution in [2.75, 3.05) is 0 Å². The van der Waals surface area contributed by atoms with E-state index in [2.05, 4.69) is 94.5 Å². The summed E-state index contributed by atoms with van der Waals surface area (Å²) in [6, 6.07) is 0. The Kier molecular flexibility index (Phi) is 5.91. The fraction of sp³-hybridized carbons (Fsp3) is 0.842. The van der Waals surface area contributed by atoms with Gasteiger partial charge in [-0.15, -0.1) is 0 Å². The Labute approximate surface area is 133 Å². The molecule has 0 aromatic rings. The summed E-state index contributed by atoms with van der Waals surface area (Å²) in [5.41, 5.74) is 2.47. The second kappa shape index (κ2) is 6.14. The van der Waals surface area contributed by atoms with Crippen molar-refractivity contribution in [3.8, 4) is 0 Å². The first-order valence-corrected chi connectivity index (χ1v) is 8.02. The molecule has 0 amide bonds. The summed E-state index contributed by atoms with van der Waals surface area (Å²) in [5, 5.41) is 3.66. The molecule has 2 heteroatoms. The maximum absolute atomic E-state index is 4.96.